The smallest absolute Gasteiger partial charge is 0.127 e. The highest BCUT2D eigenvalue weighted by atomic mass is 19.1. The number of benzene rings is 1. The lowest BCUT2D eigenvalue weighted by Gasteiger charge is -2.24. The first-order chi connectivity index (χ1) is 8.74. The Balaban J connectivity index is 2.08. The summed E-state index contributed by atoms with van der Waals surface area (Å²) < 4.78 is 18.9. The lowest BCUT2D eigenvalue weighted by molar-refractivity contribution is 0.188. The number of hydrogen-bond acceptors (Lipinski definition) is 3. The SMILES string of the molecule is COc1ccc(F)c(CN2CCCC2CCO)c1. The molecule has 0 radical (unpaired) electrons. The molecule has 1 heterocycles. The molecule has 0 aromatic heterocycles. The first kappa shape index (κ1) is 13.3. The Morgan fingerprint density at radius 1 is 1.50 bits per heavy atom. The van der Waals surface area contributed by atoms with Crippen molar-refractivity contribution in [2.45, 2.75) is 31.8 Å². The van der Waals surface area contributed by atoms with Gasteiger partial charge < -0.3 is 9.84 Å². The summed E-state index contributed by atoms with van der Waals surface area (Å²) in [6.45, 7) is 1.76. The van der Waals surface area contributed by atoms with Crippen LogP contribution in [-0.2, 0) is 6.54 Å². The van der Waals surface area contributed by atoms with Gasteiger partial charge in [-0.15, -0.1) is 0 Å². The second-order valence-corrected chi connectivity index (χ2v) is 4.74. The van der Waals surface area contributed by atoms with Crippen LogP contribution in [0.15, 0.2) is 18.2 Å². The van der Waals surface area contributed by atoms with Gasteiger partial charge in [-0.1, -0.05) is 0 Å². The highest BCUT2D eigenvalue weighted by Crippen LogP contribution is 2.25. The van der Waals surface area contributed by atoms with Crippen LogP contribution < -0.4 is 4.74 Å². The number of likely N-dealkylation sites (tertiary alicyclic amines) is 1. The van der Waals surface area contributed by atoms with Crippen molar-refractivity contribution in [3.8, 4) is 5.75 Å². The third kappa shape index (κ3) is 3.00. The molecule has 0 bridgehead atoms. The van der Waals surface area contributed by atoms with E-state index in [1.807, 2.05) is 0 Å². The third-order valence-corrected chi connectivity index (χ3v) is 3.59. The van der Waals surface area contributed by atoms with E-state index in [9.17, 15) is 4.39 Å². The molecular formula is C14H20FNO2. The summed E-state index contributed by atoms with van der Waals surface area (Å²) in [5.41, 5.74) is 0.666. The predicted octanol–water partition coefficient (Wildman–Crippen LogP) is 2.18. The maximum atomic E-state index is 13.7. The van der Waals surface area contributed by atoms with Crippen LogP contribution in [0.5, 0.6) is 5.75 Å². The summed E-state index contributed by atoms with van der Waals surface area (Å²) >= 11 is 0. The number of methoxy groups -OCH3 is 1. The number of ether oxygens (including phenoxy) is 1. The molecule has 1 aliphatic rings. The largest absolute Gasteiger partial charge is 0.497 e. The summed E-state index contributed by atoms with van der Waals surface area (Å²) in [5, 5.41) is 9.03. The van der Waals surface area contributed by atoms with Gasteiger partial charge in [0.05, 0.1) is 7.11 Å². The minimum Gasteiger partial charge on any atom is -0.497 e. The number of rotatable bonds is 5. The monoisotopic (exact) mass is 253 g/mol. The molecule has 1 aromatic rings. The molecule has 1 aromatic carbocycles. The van der Waals surface area contributed by atoms with Crippen LogP contribution in [-0.4, -0.2) is 36.3 Å². The summed E-state index contributed by atoms with van der Waals surface area (Å²) in [6.07, 6.45) is 2.98. The first-order valence-electron chi connectivity index (χ1n) is 6.42. The van der Waals surface area contributed by atoms with E-state index < -0.39 is 0 Å². The van der Waals surface area contributed by atoms with E-state index in [0.29, 0.717) is 23.9 Å². The predicted molar refractivity (Wildman–Crippen MR) is 68.1 cm³/mol. The van der Waals surface area contributed by atoms with Crippen LogP contribution in [0.25, 0.3) is 0 Å². The average Bonchev–Trinajstić information content (AvgIpc) is 2.80. The van der Waals surface area contributed by atoms with Gasteiger partial charge >= 0.3 is 0 Å². The molecule has 0 amide bonds. The molecule has 100 valence electrons. The zero-order valence-electron chi connectivity index (χ0n) is 10.7. The van der Waals surface area contributed by atoms with Crippen molar-refractivity contribution in [2.75, 3.05) is 20.3 Å². The van der Waals surface area contributed by atoms with Gasteiger partial charge in [0.2, 0.25) is 0 Å². The van der Waals surface area contributed by atoms with E-state index in [1.54, 1.807) is 19.2 Å². The van der Waals surface area contributed by atoms with Gasteiger partial charge in [0.15, 0.2) is 0 Å². The molecule has 0 saturated carbocycles. The maximum Gasteiger partial charge on any atom is 0.127 e. The van der Waals surface area contributed by atoms with Crippen LogP contribution >= 0.6 is 0 Å². The summed E-state index contributed by atoms with van der Waals surface area (Å²) in [4.78, 5) is 2.24. The normalized spacial score (nSPS) is 20.3. The van der Waals surface area contributed by atoms with Crippen molar-refractivity contribution in [1.82, 2.24) is 4.90 Å². The fourth-order valence-electron chi connectivity index (χ4n) is 2.60. The average molecular weight is 253 g/mol. The molecule has 1 atom stereocenters. The molecule has 1 saturated heterocycles. The third-order valence-electron chi connectivity index (χ3n) is 3.59. The Hall–Kier alpha value is -1.13. The second kappa shape index (κ2) is 6.16. The van der Waals surface area contributed by atoms with Gasteiger partial charge in [-0.2, -0.15) is 0 Å². The molecule has 0 aliphatic carbocycles. The fourth-order valence-corrected chi connectivity index (χ4v) is 2.60. The maximum absolute atomic E-state index is 13.7. The Morgan fingerprint density at radius 2 is 2.33 bits per heavy atom. The topological polar surface area (TPSA) is 32.7 Å². The second-order valence-electron chi connectivity index (χ2n) is 4.74. The van der Waals surface area contributed by atoms with Gasteiger partial charge in [0.1, 0.15) is 11.6 Å². The van der Waals surface area contributed by atoms with Gasteiger partial charge in [-0.3, -0.25) is 4.90 Å². The molecule has 3 nitrogen and oxygen atoms in total. The zero-order chi connectivity index (χ0) is 13.0. The Kier molecular flexibility index (Phi) is 4.55. The van der Waals surface area contributed by atoms with E-state index in [0.717, 1.165) is 25.8 Å². The fraction of sp³-hybridized carbons (Fsp3) is 0.571. The summed E-state index contributed by atoms with van der Waals surface area (Å²) in [5.74, 6) is 0.495. The van der Waals surface area contributed by atoms with Crippen molar-refractivity contribution in [3.05, 3.63) is 29.6 Å². The lowest BCUT2D eigenvalue weighted by Crippen LogP contribution is -2.30. The van der Waals surface area contributed by atoms with Gasteiger partial charge in [0, 0.05) is 24.8 Å². The van der Waals surface area contributed by atoms with Crippen molar-refractivity contribution in [3.63, 3.8) is 0 Å². The van der Waals surface area contributed by atoms with Crippen LogP contribution in [0, 0.1) is 5.82 Å². The van der Waals surface area contributed by atoms with Crippen LogP contribution in [0.1, 0.15) is 24.8 Å². The Labute approximate surface area is 107 Å². The number of hydrogen-bond donors (Lipinski definition) is 1. The van der Waals surface area contributed by atoms with Gasteiger partial charge in [0.25, 0.3) is 0 Å². The number of nitrogens with zero attached hydrogens (tertiary/aromatic N) is 1. The van der Waals surface area contributed by atoms with E-state index in [-0.39, 0.29) is 12.4 Å². The lowest BCUT2D eigenvalue weighted by atomic mass is 10.1. The number of aliphatic hydroxyl groups excluding tert-OH is 1. The summed E-state index contributed by atoms with van der Waals surface area (Å²) in [7, 11) is 1.58. The minimum atomic E-state index is -0.189. The van der Waals surface area contributed by atoms with E-state index in [4.69, 9.17) is 9.84 Å². The minimum absolute atomic E-state index is 0.189. The van der Waals surface area contributed by atoms with Crippen LogP contribution in [0.3, 0.4) is 0 Å². The van der Waals surface area contributed by atoms with Gasteiger partial charge in [-0.25, -0.2) is 4.39 Å². The highest BCUT2D eigenvalue weighted by molar-refractivity contribution is 5.29. The van der Waals surface area contributed by atoms with Gasteiger partial charge in [-0.05, 0) is 44.0 Å². The van der Waals surface area contributed by atoms with Crippen molar-refractivity contribution in [1.29, 1.82) is 0 Å². The standard InChI is InChI=1S/C14H20FNO2/c1-18-13-4-5-14(15)11(9-13)10-16-7-2-3-12(16)6-8-17/h4-5,9,12,17H,2-3,6-8,10H2,1H3. The van der Waals surface area contributed by atoms with Crippen LogP contribution in [0.2, 0.25) is 0 Å². The van der Waals surface area contributed by atoms with Crippen molar-refractivity contribution >= 4 is 0 Å². The quantitative estimate of drug-likeness (QED) is 0.873. The van der Waals surface area contributed by atoms with E-state index in [2.05, 4.69) is 4.90 Å². The van der Waals surface area contributed by atoms with E-state index >= 15 is 0 Å². The Morgan fingerprint density at radius 3 is 3.06 bits per heavy atom. The summed E-state index contributed by atoms with van der Waals surface area (Å²) in [6, 6.07) is 5.21. The molecular weight excluding hydrogens is 233 g/mol. The molecule has 1 N–H and O–H groups in total. The van der Waals surface area contributed by atoms with Crippen molar-refractivity contribution < 1.29 is 14.2 Å². The molecule has 1 fully saturated rings. The van der Waals surface area contributed by atoms with Crippen molar-refractivity contribution in [2.24, 2.45) is 0 Å². The Bertz CT molecular complexity index is 397. The van der Waals surface area contributed by atoms with E-state index in [1.165, 1.54) is 6.07 Å². The molecule has 4 heteroatoms. The zero-order valence-corrected chi connectivity index (χ0v) is 10.7. The molecule has 0 spiro atoms. The molecule has 18 heavy (non-hydrogen) atoms. The molecule has 1 aliphatic heterocycles. The van der Waals surface area contributed by atoms with Crippen LogP contribution in [0.4, 0.5) is 4.39 Å². The first-order valence-corrected chi connectivity index (χ1v) is 6.42. The number of aliphatic hydroxyl groups is 1. The molecule has 2 rings (SSSR count). The molecule has 1 unspecified atom stereocenters. The number of halogens is 1. The highest BCUT2D eigenvalue weighted by Gasteiger charge is 2.24.